The highest BCUT2D eigenvalue weighted by Gasteiger charge is 2.05. The van der Waals surface area contributed by atoms with Crippen LogP contribution in [-0.2, 0) is 0 Å². The summed E-state index contributed by atoms with van der Waals surface area (Å²) in [5.74, 6) is -0.317. The molecule has 0 aliphatic heterocycles. The lowest BCUT2D eigenvalue weighted by Gasteiger charge is -2.20. The number of rotatable bonds is 7. The fourth-order valence-corrected chi connectivity index (χ4v) is 1.75. The van der Waals surface area contributed by atoms with Crippen molar-refractivity contribution < 1.29 is 4.39 Å². The second kappa shape index (κ2) is 7.40. The van der Waals surface area contributed by atoms with E-state index >= 15 is 0 Å². The second-order valence-corrected chi connectivity index (χ2v) is 5.35. The van der Waals surface area contributed by atoms with E-state index in [0.29, 0.717) is 17.3 Å². The lowest BCUT2D eigenvalue weighted by Crippen LogP contribution is -2.28. The molecule has 106 valence electrons. The van der Waals surface area contributed by atoms with Crippen LogP contribution < -0.4 is 11.1 Å². The Labute approximate surface area is 120 Å². The van der Waals surface area contributed by atoms with Crippen molar-refractivity contribution in [1.82, 2.24) is 4.90 Å². The Morgan fingerprint density at radius 1 is 1.47 bits per heavy atom. The first kappa shape index (κ1) is 15.9. The molecule has 0 spiro atoms. The molecule has 0 aromatic heterocycles. The molecular weight excluding hydrogens is 261 g/mol. The molecule has 0 fully saturated rings. The molecule has 0 aliphatic carbocycles. The molecule has 0 amide bonds. The summed E-state index contributed by atoms with van der Waals surface area (Å²) in [6.07, 6.45) is 0.963. The number of benzene rings is 1. The molecule has 1 aromatic rings. The van der Waals surface area contributed by atoms with Crippen LogP contribution in [0.5, 0.6) is 0 Å². The highest BCUT2D eigenvalue weighted by molar-refractivity contribution is 7.80. The Morgan fingerprint density at radius 3 is 2.68 bits per heavy atom. The zero-order chi connectivity index (χ0) is 14.4. The standard InChI is InChI=1S/C14H22FN3S/c1-10(2)18(3)8-4-7-17-13-6-5-11(14(16)19)9-12(13)15/h5-6,9-10,17H,4,7-8H2,1-3H3,(H2,16,19). The van der Waals surface area contributed by atoms with Gasteiger partial charge in [-0.25, -0.2) is 4.39 Å². The molecule has 0 aliphatic rings. The fraction of sp³-hybridized carbons (Fsp3) is 0.500. The van der Waals surface area contributed by atoms with E-state index in [1.807, 2.05) is 0 Å². The van der Waals surface area contributed by atoms with Crippen molar-refractivity contribution in [2.75, 3.05) is 25.5 Å². The topological polar surface area (TPSA) is 41.3 Å². The van der Waals surface area contributed by atoms with E-state index in [4.69, 9.17) is 18.0 Å². The van der Waals surface area contributed by atoms with Gasteiger partial charge in [-0.2, -0.15) is 0 Å². The normalized spacial score (nSPS) is 11.1. The van der Waals surface area contributed by atoms with E-state index in [1.54, 1.807) is 12.1 Å². The highest BCUT2D eigenvalue weighted by Crippen LogP contribution is 2.15. The van der Waals surface area contributed by atoms with Crippen LogP contribution in [0.3, 0.4) is 0 Å². The molecule has 3 N–H and O–H groups in total. The first-order chi connectivity index (χ1) is 8.91. The number of nitrogens with zero attached hydrogens (tertiary/aromatic N) is 1. The molecule has 0 radical (unpaired) electrons. The monoisotopic (exact) mass is 283 g/mol. The van der Waals surface area contributed by atoms with Crippen LogP contribution in [0.2, 0.25) is 0 Å². The Bertz CT molecular complexity index is 435. The van der Waals surface area contributed by atoms with Gasteiger partial charge in [-0.1, -0.05) is 12.2 Å². The number of anilines is 1. The summed E-state index contributed by atoms with van der Waals surface area (Å²) in [5.41, 5.74) is 6.50. The van der Waals surface area contributed by atoms with Crippen LogP contribution in [0.25, 0.3) is 0 Å². The minimum atomic E-state index is -0.317. The number of hydrogen-bond donors (Lipinski definition) is 2. The number of halogens is 1. The first-order valence-electron chi connectivity index (χ1n) is 6.45. The zero-order valence-corrected chi connectivity index (χ0v) is 12.6. The van der Waals surface area contributed by atoms with Crippen molar-refractivity contribution in [2.24, 2.45) is 5.73 Å². The fourth-order valence-electron chi connectivity index (χ4n) is 1.62. The van der Waals surface area contributed by atoms with Crippen LogP contribution in [0.4, 0.5) is 10.1 Å². The van der Waals surface area contributed by atoms with Crippen molar-refractivity contribution in [3.63, 3.8) is 0 Å². The van der Waals surface area contributed by atoms with Crippen molar-refractivity contribution in [3.8, 4) is 0 Å². The van der Waals surface area contributed by atoms with Crippen molar-refractivity contribution in [3.05, 3.63) is 29.6 Å². The zero-order valence-electron chi connectivity index (χ0n) is 11.7. The first-order valence-corrected chi connectivity index (χ1v) is 6.86. The average molecular weight is 283 g/mol. The van der Waals surface area contributed by atoms with Gasteiger partial charge in [0.25, 0.3) is 0 Å². The van der Waals surface area contributed by atoms with E-state index in [-0.39, 0.29) is 10.8 Å². The minimum Gasteiger partial charge on any atom is -0.389 e. The average Bonchev–Trinajstić information content (AvgIpc) is 2.35. The van der Waals surface area contributed by atoms with Gasteiger partial charge in [0.2, 0.25) is 0 Å². The molecular formula is C14H22FN3S. The summed E-state index contributed by atoms with van der Waals surface area (Å²) < 4.78 is 13.7. The summed E-state index contributed by atoms with van der Waals surface area (Å²) in [5, 5.41) is 3.09. The molecule has 5 heteroatoms. The molecule has 0 saturated heterocycles. The second-order valence-electron chi connectivity index (χ2n) is 4.91. The summed E-state index contributed by atoms with van der Waals surface area (Å²) in [6.45, 7) is 6.03. The molecule has 3 nitrogen and oxygen atoms in total. The summed E-state index contributed by atoms with van der Waals surface area (Å²) in [6, 6.07) is 5.30. The van der Waals surface area contributed by atoms with Crippen LogP contribution in [-0.4, -0.2) is 36.1 Å². The highest BCUT2D eigenvalue weighted by atomic mass is 32.1. The molecule has 1 rings (SSSR count). The number of nitrogens with two attached hydrogens (primary N) is 1. The third-order valence-electron chi connectivity index (χ3n) is 3.14. The van der Waals surface area contributed by atoms with Gasteiger partial charge in [0.05, 0.1) is 5.69 Å². The van der Waals surface area contributed by atoms with Gasteiger partial charge in [-0.05, 0) is 52.1 Å². The van der Waals surface area contributed by atoms with E-state index in [2.05, 4.69) is 31.1 Å². The third-order valence-corrected chi connectivity index (χ3v) is 3.37. The van der Waals surface area contributed by atoms with Gasteiger partial charge in [0.1, 0.15) is 10.8 Å². The van der Waals surface area contributed by atoms with Crippen molar-refractivity contribution in [1.29, 1.82) is 0 Å². The molecule has 0 bridgehead atoms. The van der Waals surface area contributed by atoms with Crippen LogP contribution in [0.15, 0.2) is 18.2 Å². The van der Waals surface area contributed by atoms with Gasteiger partial charge in [0, 0.05) is 18.2 Å². The van der Waals surface area contributed by atoms with Crippen molar-refractivity contribution >= 4 is 22.9 Å². The molecule has 0 atom stereocenters. The van der Waals surface area contributed by atoms with Crippen LogP contribution in [0.1, 0.15) is 25.8 Å². The van der Waals surface area contributed by atoms with Gasteiger partial charge in [-0.15, -0.1) is 0 Å². The maximum absolute atomic E-state index is 13.7. The van der Waals surface area contributed by atoms with Crippen LogP contribution in [0, 0.1) is 5.82 Å². The Morgan fingerprint density at radius 2 is 2.16 bits per heavy atom. The van der Waals surface area contributed by atoms with E-state index in [0.717, 1.165) is 19.5 Å². The summed E-state index contributed by atoms with van der Waals surface area (Å²) in [4.78, 5) is 2.47. The maximum Gasteiger partial charge on any atom is 0.146 e. The largest absolute Gasteiger partial charge is 0.389 e. The summed E-state index contributed by atoms with van der Waals surface area (Å²) >= 11 is 4.81. The smallest absolute Gasteiger partial charge is 0.146 e. The predicted octanol–water partition coefficient (Wildman–Crippen LogP) is 2.60. The number of nitrogens with one attached hydrogen (secondary N) is 1. The summed E-state index contributed by atoms with van der Waals surface area (Å²) in [7, 11) is 2.09. The molecule has 1 aromatic carbocycles. The molecule has 19 heavy (non-hydrogen) atoms. The maximum atomic E-state index is 13.7. The van der Waals surface area contributed by atoms with E-state index in [1.165, 1.54) is 6.07 Å². The third kappa shape index (κ3) is 5.12. The van der Waals surface area contributed by atoms with Gasteiger partial charge < -0.3 is 16.0 Å². The molecule has 0 heterocycles. The quantitative estimate of drug-likeness (QED) is 0.596. The molecule has 0 saturated carbocycles. The van der Waals surface area contributed by atoms with Gasteiger partial charge >= 0.3 is 0 Å². The lowest BCUT2D eigenvalue weighted by molar-refractivity contribution is 0.273. The van der Waals surface area contributed by atoms with Crippen LogP contribution >= 0.6 is 12.2 Å². The number of thiocarbonyl (C=S) groups is 1. The SMILES string of the molecule is CC(C)N(C)CCCNc1ccc(C(N)=S)cc1F. The molecule has 0 unspecified atom stereocenters. The van der Waals surface area contributed by atoms with Crippen molar-refractivity contribution in [2.45, 2.75) is 26.3 Å². The Hall–Kier alpha value is -1.20. The minimum absolute atomic E-state index is 0.212. The predicted molar refractivity (Wildman–Crippen MR) is 83.2 cm³/mol. The van der Waals surface area contributed by atoms with Gasteiger partial charge in [-0.3, -0.25) is 0 Å². The van der Waals surface area contributed by atoms with E-state index in [9.17, 15) is 4.39 Å². The lowest BCUT2D eigenvalue weighted by atomic mass is 10.2. The van der Waals surface area contributed by atoms with Gasteiger partial charge in [0.15, 0.2) is 0 Å². The van der Waals surface area contributed by atoms with E-state index < -0.39 is 0 Å². The number of hydrogen-bond acceptors (Lipinski definition) is 3. The Balaban J connectivity index is 2.44. The Kier molecular flexibility index (Phi) is 6.18.